The first-order valence-electron chi connectivity index (χ1n) is 39.4. The van der Waals surface area contributed by atoms with Gasteiger partial charge in [-0.25, -0.2) is 15.0 Å². The van der Waals surface area contributed by atoms with Gasteiger partial charge in [-0.2, -0.15) is 0 Å². The number of fused-ring (bicyclic) bond motifs is 19. The van der Waals surface area contributed by atoms with Crippen LogP contribution in [-0.4, -0.2) is 29.9 Å². The van der Waals surface area contributed by atoms with Crippen LogP contribution in [0.5, 0.6) is 0 Å². The molecule has 0 atom stereocenters. The van der Waals surface area contributed by atoms with Crippen LogP contribution in [0.4, 0.5) is 0 Å². The Kier molecular flexibility index (Phi) is 19.2. The van der Waals surface area contributed by atoms with Gasteiger partial charge in [0.25, 0.3) is 0 Å². The van der Waals surface area contributed by atoms with Gasteiger partial charge in [0.1, 0.15) is 0 Å². The predicted octanol–water partition coefficient (Wildman–Crippen LogP) is 31.2. The Morgan fingerprint density at radius 3 is 0.966 bits per heavy atom. The maximum Gasteiger partial charge on any atom is 0.0986 e. The second kappa shape index (κ2) is 31.0. The molecule has 24 aromatic rings. The van der Waals surface area contributed by atoms with E-state index in [9.17, 15) is 0 Å². The molecule has 0 saturated carbocycles. The molecule has 562 valence electrons. The normalized spacial score (nSPS) is 11.3. The first kappa shape index (κ1) is 73.7. The summed E-state index contributed by atoms with van der Waals surface area (Å²) in [6.07, 6.45) is 5.46. The summed E-state index contributed by atoms with van der Waals surface area (Å²) in [5.41, 5.74) is 21.8. The smallest absolute Gasteiger partial charge is 0.0986 e. The van der Waals surface area contributed by atoms with E-state index >= 15 is 0 Å². The zero-order chi connectivity index (χ0) is 76.6. The average Bonchev–Trinajstić information content (AvgIpc) is 0.726. The van der Waals surface area contributed by atoms with Crippen molar-refractivity contribution in [3.8, 4) is 78.3 Å². The summed E-state index contributed by atoms with van der Waals surface area (Å²) in [5.74, 6) is 0. The molecule has 6 heteroatoms. The number of aromatic nitrogens is 6. The standard InChI is InChI=1S/C47H29N.C42H26N2.C21H13N3.3CH4/c1-3-12-34-27-37(21-17-30(34)9-1)45-40-15-7-8-16-41(40)46(38-22-18-31-10-2-4-13-35(31)28-38)43-29-36(23-25-42(43)45)44-26-24-33-20-19-32-11-5-6-14-39(32)47(33)48-44;1-2-9-32-26-33(22-15-27(32)8-1)40-36-13-5-3-11-34(36)39(35-12-4-6-14-37(35)40)29-18-16-28(17-19-29)38-24-23-31-21-20-30-10-7-25-43-41(30)42(31)44-38;1-2-6-14(7-3-1)18-11-10-16-15-8-4-12-22-20(15)21-17(19(16)24-18)9-5-13-23-21;;;/h1-29H;1-26H;1-13H;3*1H4. The summed E-state index contributed by atoms with van der Waals surface area (Å²) in [4.78, 5) is 29.1. The molecule has 6 heterocycles. The van der Waals surface area contributed by atoms with Crippen LogP contribution in [-0.2, 0) is 0 Å². The Labute approximate surface area is 690 Å². The van der Waals surface area contributed by atoms with Gasteiger partial charge in [-0.1, -0.05) is 344 Å². The quantitative estimate of drug-likeness (QED) is 0.117. The zero-order valence-electron chi connectivity index (χ0n) is 62.9. The van der Waals surface area contributed by atoms with Gasteiger partial charge in [0, 0.05) is 73.0 Å². The SMILES string of the molecule is C.C.C.c1ccc(-c2ccc3c4cccnc4c4ncccc4c3n2)cc1.c1ccc2cc(-c3c4ccccc4c(-c4ccc(-c5ccc6ccc7cccnc7c6n5)cc4)c4ccccc34)ccc2c1.c1ccc2cc(-c3c4ccccc4c(-c4ccc5ccccc5c4)c4cc(-c5ccc6ccc7ccccc7c6n5)ccc34)ccc2c1. The Hall–Kier alpha value is -15.5. The lowest BCUT2D eigenvalue weighted by Crippen LogP contribution is -1.93. The third-order valence-electron chi connectivity index (χ3n) is 23.2. The Morgan fingerprint density at radius 1 is 0.134 bits per heavy atom. The van der Waals surface area contributed by atoms with Crippen LogP contribution in [0.25, 0.3) is 230 Å². The van der Waals surface area contributed by atoms with Crippen molar-refractivity contribution in [2.24, 2.45) is 0 Å². The fraction of sp³-hybridized carbons (Fsp3) is 0.0265. The van der Waals surface area contributed by atoms with Crippen molar-refractivity contribution >= 4 is 152 Å². The van der Waals surface area contributed by atoms with Crippen molar-refractivity contribution in [1.82, 2.24) is 29.9 Å². The highest BCUT2D eigenvalue weighted by molar-refractivity contribution is 6.25. The summed E-state index contributed by atoms with van der Waals surface area (Å²) in [7, 11) is 0. The third-order valence-corrected chi connectivity index (χ3v) is 23.2. The highest BCUT2D eigenvalue weighted by atomic mass is 14.8. The summed E-state index contributed by atoms with van der Waals surface area (Å²) >= 11 is 0. The number of benzene rings is 18. The van der Waals surface area contributed by atoms with Crippen LogP contribution in [0.2, 0.25) is 0 Å². The van der Waals surface area contributed by atoms with E-state index in [-0.39, 0.29) is 22.3 Å². The summed E-state index contributed by atoms with van der Waals surface area (Å²) < 4.78 is 0. The van der Waals surface area contributed by atoms with Gasteiger partial charge in [0.15, 0.2) is 0 Å². The molecule has 0 fully saturated rings. The van der Waals surface area contributed by atoms with Gasteiger partial charge in [-0.05, 0) is 198 Å². The fourth-order valence-electron chi connectivity index (χ4n) is 17.7. The topological polar surface area (TPSA) is 77.3 Å². The molecule has 119 heavy (non-hydrogen) atoms. The molecule has 0 saturated heterocycles. The molecular formula is C113H80N6. The van der Waals surface area contributed by atoms with E-state index in [2.05, 4.69) is 373 Å². The van der Waals surface area contributed by atoms with Gasteiger partial charge in [0.2, 0.25) is 0 Å². The highest BCUT2D eigenvalue weighted by Gasteiger charge is 2.22. The molecular weight excluding hydrogens is 1440 g/mol. The summed E-state index contributed by atoms with van der Waals surface area (Å²) in [6.45, 7) is 0. The molecule has 0 unspecified atom stereocenters. The van der Waals surface area contributed by atoms with Crippen LogP contribution < -0.4 is 0 Å². The van der Waals surface area contributed by atoms with Crippen molar-refractivity contribution < 1.29 is 0 Å². The van der Waals surface area contributed by atoms with Crippen molar-refractivity contribution in [2.75, 3.05) is 0 Å². The summed E-state index contributed by atoms with van der Waals surface area (Å²) in [5, 5.41) is 26.5. The first-order valence-corrected chi connectivity index (χ1v) is 39.4. The van der Waals surface area contributed by atoms with E-state index < -0.39 is 0 Å². The highest BCUT2D eigenvalue weighted by Crippen LogP contribution is 2.48. The molecule has 0 bridgehead atoms. The third kappa shape index (κ3) is 13.1. The largest absolute Gasteiger partial charge is 0.254 e. The van der Waals surface area contributed by atoms with Crippen LogP contribution in [0.1, 0.15) is 22.3 Å². The first-order chi connectivity index (χ1) is 57.5. The van der Waals surface area contributed by atoms with Gasteiger partial charge in [-0.3, -0.25) is 15.0 Å². The van der Waals surface area contributed by atoms with Gasteiger partial charge in [0.05, 0.1) is 50.2 Å². The summed E-state index contributed by atoms with van der Waals surface area (Å²) in [6, 6.07) is 141. The van der Waals surface area contributed by atoms with Gasteiger partial charge >= 0.3 is 0 Å². The molecule has 0 aliphatic carbocycles. The monoisotopic (exact) mass is 1520 g/mol. The second-order valence-electron chi connectivity index (χ2n) is 29.9. The van der Waals surface area contributed by atoms with Crippen LogP contribution in [0.3, 0.4) is 0 Å². The van der Waals surface area contributed by atoms with E-state index in [1.54, 1.807) is 0 Å². The molecule has 18 aromatic carbocycles. The predicted molar refractivity (Wildman–Crippen MR) is 509 cm³/mol. The lowest BCUT2D eigenvalue weighted by atomic mass is 9.84. The van der Waals surface area contributed by atoms with Gasteiger partial charge in [-0.15, -0.1) is 0 Å². The molecule has 6 aromatic heterocycles. The minimum absolute atomic E-state index is 0. The molecule has 0 aliphatic heterocycles. The minimum Gasteiger partial charge on any atom is -0.254 e. The van der Waals surface area contributed by atoms with Crippen LogP contribution in [0, 0.1) is 0 Å². The van der Waals surface area contributed by atoms with E-state index in [0.29, 0.717) is 0 Å². The lowest BCUT2D eigenvalue weighted by molar-refractivity contribution is 1.36. The maximum absolute atomic E-state index is 5.30. The molecule has 0 amide bonds. The molecule has 0 N–H and O–H groups in total. The average molecular weight is 1520 g/mol. The maximum atomic E-state index is 5.30. The van der Waals surface area contributed by atoms with Crippen molar-refractivity contribution in [3.63, 3.8) is 0 Å². The Morgan fingerprint density at radius 2 is 0.429 bits per heavy atom. The molecule has 0 aliphatic rings. The molecule has 6 nitrogen and oxygen atoms in total. The van der Waals surface area contributed by atoms with E-state index in [4.69, 9.17) is 15.0 Å². The van der Waals surface area contributed by atoms with Crippen molar-refractivity contribution in [2.45, 2.75) is 22.3 Å². The number of hydrogen-bond donors (Lipinski definition) is 0. The van der Waals surface area contributed by atoms with E-state index in [1.165, 1.54) is 131 Å². The van der Waals surface area contributed by atoms with Gasteiger partial charge < -0.3 is 0 Å². The second-order valence-corrected chi connectivity index (χ2v) is 29.9. The number of rotatable bonds is 7. The fourth-order valence-corrected chi connectivity index (χ4v) is 17.7. The number of nitrogens with zero attached hydrogens (tertiary/aromatic N) is 6. The Bertz CT molecular complexity index is 8010. The lowest BCUT2D eigenvalue weighted by Gasteiger charge is -2.19. The van der Waals surface area contributed by atoms with E-state index in [1.807, 2.05) is 55.0 Å². The zero-order valence-corrected chi connectivity index (χ0v) is 62.9. The molecule has 0 spiro atoms. The molecule has 0 radical (unpaired) electrons. The van der Waals surface area contributed by atoms with Crippen LogP contribution >= 0.6 is 0 Å². The van der Waals surface area contributed by atoms with Crippen LogP contribution in [0.15, 0.2) is 413 Å². The molecule has 24 rings (SSSR count). The van der Waals surface area contributed by atoms with E-state index in [0.717, 1.165) is 99.2 Å². The minimum atomic E-state index is 0. The number of hydrogen-bond acceptors (Lipinski definition) is 6. The van der Waals surface area contributed by atoms with Crippen molar-refractivity contribution in [3.05, 3.63) is 413 Å². The number of pyridine rings is 6. The Balaban J connectivity index is 0.000000123. The van der Waals surface area contributed by atoms with Crippen molar-refractivity contribution in [1.29, 1.82) is 0 Å².